The topological polar surface area (TPSA) is 60.2 Å². The zero-order valence-corrected chi connectivity index (χ0v) is 17.4. The first-order valence-electron chi connectivity index (χ1n) is 10.4. The molecule has 1 fully saturated rings. The highest BCUT2D eigenvalue weighted by molar-refractivity contribution is 5.84. The molecule has 1 heterocycles. The number of nitrogens with one attached hydrogen (secondary N) is 3. The molecule has 1 saturated carbocycles. The lowest BCUT2D eigenvalue weighted by molar-refractivity contribution is -0.122. The summed E-state index contributed by atoms with van der Waals surface area (Å²) in [7, 11) is 4.10. The number of H-pyrrole nitrogens is 1. The molecule has 5 nitrogen and oxygen atoms in total. The van der Waals surface area contributed by atoms with Gasteiger partial charge >= 0.3 is 0 Å². The van der Waals surface area contributed by atoms with Gasteiger partial charge in [0.1, 0.15) is 0 Å². The molecular formula is C24H30N4O. The standard InChI is InChI=1S/C24H30N4O/c1-16(24(29)27-18-10-11-18)25-14-21(17-8-12-19(13-9-17)28(2)3)22-15-26-23-7-5-4-6-20(22)23/h4-9,12-13,15-16,18,21,25-26H,10-11,14H2,1-3H3,(H,27,29)/t16-,21+/m1/s1. The van der Waals surface area contributed by atoms with E-state index in [4.69, 9.17) is 0 Å². The van der Waals surface area contributed by atoms with Gasteiger partial charge in [0.25, 0.3) is 0 Å². The van der Waals surface area contributed by atoms with Crippen molar-refractivity contribution < 1.29 is 4.79 Å². The highest BCUT2D eigenvalue weighted by atomic mass is 16.2. The van der Waals surface area contributed by atoms with E-state index in [1.165, 1.54) is 22.2 Å². The first-order chi connectivity index (χ1) is 14.0. The van der Waals surface area contributed by atoms with Crippen LogP contribution in [0.5, 0.6) is 0 Å². The van der Waals surface area contributed by atoms with Gasteiger partial charge in [-0.1, -0.05) is 30.3 Å². The van der Waals surface area contributed by atoms with Crippen molar-refractivity contribution in [3.63, 3.8) is 0 Å². The SMILES string of the molecule is C[C@@H](NC[C@@H](c1ccc(N(C)C)cc1)c1c[nH]c2ccccc12)C(=O)NC1CC1. The molecule has 1 aliphatic rings. The van der Waals surface area contributed by atoms with Crippen LogP contribution < -0.4 is 15.5 Å². The summed E-state index contributed by atoms with van der Waals surface area (Å²) in [5.41, 5.74) is 4.80. The number of hydrogen-bond donors (Lipinski definition) is 3. The second-order valence-corrected chi connectivity index (χ2v) is 8.24. The van der Waals surface area contributed by atoms with Crippen molar-refractivity contribution in [2.75, 3.05) is 25.5 Å². The average molecular weight is 391 g/mol. The molecule has 3 N–H and O–H groups in total. The maximum atomic E-state index is 12.4. The number of benzene rings is 2. The minimum Gasteiger partial charge on any atom is -0.378 e. The van der Waals surface area contributed by atoms with E-state index in [1.54, 1.807) is 0 Å². The second kappa shape index (κ2) is 8.29. The molecule has 0 saturated heterocycles. The van der Waals surface area contributed by atoms with E-state index < -0.39 is 0 Å². The Bertz CT molecular complexity index is 972. The van der Waals surface area contributed by atoms with Gasteiger partial charge in [-0.05, 0) is 49.1 Å². The smallest absolute Gasteiger partial charge is 0.237 e. The minimum atomic E-state index is -0.218. The fraction of sp³-hybridized carbons (Fsp3) is 0.375. The summed E-state index contributed by atoms with van der Waals surface area (Å²) in [6.07, 6.45) is 4.31. The largest absolute Gasteiger partial charge is 0.378 e. The van der Waals surface area contributed by atoms with Gasteiger partial charge in [0, 0.05) is 55.4 Å². The van der Waals surface area contributed by atoms with E-state index in [1.807, 2.05) is 27.1 Å². The highest BCUT2D eigenvalue weighted by Gasteiger charge is 2.26. The average Bonchev–Trinajstić information content (AvgIpc) is 3.45. The van der Waals surface area contributed by atoms with E-state index in [-0.39, 0.29) is 17.9 Å². The van der Waals surface area contributed by atoms with Gasteiger partial charge in [-0.25, -0.2) is 0 Å². The van der Waals surface area contributed by atoms with Crippen molar-refractivity contribution in [2.24, 2.45) is 0 Å². The number of fused-ring (bicyclic) bond motifs is 1. The first-order valence-corrected chi connectivity index (χ1v) is 10.4. The fourth-order valence-electron chi connectivity index (χ4n) is 3.74. The lowest BCUT2D eigenvalue weighted by Crippen LogP contribution is -2.44. The van der Waals surface area contributed by atoms with E-state index in [9.17, 15) is 4.79 Å². The summed E-state index contributed by atoms with van der Waals surface area (Å²) in [6, 6.07) is 17.2. The van der Waals surface area contributed by atoms with Crippen molar-refractivity contribution in [3.8, 4) is 0 Å². The van der Waals surface area contributed by atoms with Crippen LogP contribution in [0.15, 0.2) is 54.7 Å². The Morgan fingerprint density at radius 3 is 2.55 bits per heavy atom. The number of nitrogens with zero attached hydrogens (tertiary/aromatic N) is 1. The van der Waals surface area contributed by atoms with Crippen LogP contribution >= 0.6 is 0 Å². The van der Waals surface area contributed by atoms with Crippen molar-refractivity contribution in [1.82, 2.24) is 15.6 Å². The number of anilines is 1. The van der Waals surface area contributed by atoms with Gasteiger partial charge in [0.15, 0.2) is 0 Å². The predicted octanol–water partition coefficient (Wildman–Crippen LogP) is 3.62. The summed E-state index contributed by atoms with van der Waals surface area (Å²) < 4.78 is 0. The third-order valence-corrected chi connectivity index (χ3v) is 5.75. The van der Waals surface area contributed by atoms with E-state index in [2.05, 4.69) is 69.2 Å². The van der Waals surface area contributed by atoms with Crippen LogP contribution in [0.1, 0.15) is 36.8 Å². The number of amides is 1. The number of rotatable bonds is 8. The van der Waals surface area contributed by atoms with Crippen LogP contribution in [0, 0.1) is 0 Å². The zero-order chi connectivity index (χ0) is 20.4. The van der Waals surface area contributed by atoms with Crippen LogP contribution in [-0.2, 0) is 4.79 Å². The molecule has 3 aromatic rings. The number of para-hydroxylation sites is 1. The Morgan fingerprint density at radius 1 is 1.14 bits per heavy atom. The lowest BCUT2D eigenvalue weighted by atomic mass is 9.90. The van der Waals surface area contributed by atoms with Crippen LogP contribution in [-0.4, -0.2) is 43.6 Å². The number of aromatic amines is 1. The van der Waals surface area contributed by atoms with Crippen LogP contribution in [0.2, 0.25) is 0 Å². The molecule has 1 amide bonds. The summed E-state index contributed by atoms with van der Waals surface area (Å²) in [6.45, 7) is 2.64. The molecule has 5 heteroatoms. The monoisotopic (exact) mass is 390 g/mol. The number of aromatic nitrogens is 1. The van der Waals surface area contributed by atoms with Gasteiger partial charge in [0.05, 0.1) is 6.04 Å². The first kappa shape index (κ1) is 19.5. The third kappa shape index (κ3) is 4.46. The number of carbonyl (C=O) groups is 1. The van der Waals surface area contributed by atoms with Gasteiger partial charge < -0.3 is 20.5 Å². The lowest BCUT2D eigenvalue weighted by Gasteiger charge is -2.22. The normalized spacial score (nSPS) is 15.8. The van der Waals surface area contributed by atoms with Gasteiger partial charge in [-0.15, -0.1) is 0 Å². The fourth-order valence-corrected chi connectivity index (χ4v) is 3.74. The molecule has 0 aliphatic heterocycles. The Morgan fingerprint density at radius 2 is 1.86 bits per heavy atom. The molecular weight excluding hydrogens is 360 g/mol. The minimum absolute atomic E-state index is 0.0909. The van der Waals surface area contributed by atoms with Crippen LogP contribution in [0.4, 0.5) is 5.69 Å². The maximum absolute atomic E-state index is 12.4. The molecule has 0 radical (unpaired) electrons. The van der Waals surface area contributed by atoms with Crippen molar-refractivity contribution in [2.45, 2.75) is 37.8 Å². The van der Waals surface area contributed by atoms with Gasteiger partial charge in [-0.2, -0.15) is 0 Å². The van der Waals surface area contributed by atoms with Crippen LogP contribution in [0.3, 0.4) is 0 Å². The summed E-state index contributed by atoms with van der Waals surface area (Å²) in [5.74, 6) is 0.242. The van der Waals surface area contributed by atoms with Crippen molar-refractivity contribution >= 4 is 22.5 Å². The number of hydrogen-bond acceptors (Lipinski definition) is 3. The number of carbonyl (C=O) groups excluding carboxylic acids is 1. The molecule has 152 valence electrons. The Kier molecular flexibility index (Phi) is 5.58. The van der Waals surface area contributed by atoms with Crippen molar-refractivity contribution in [1.29, 1.82) is 0 Å². The molecule has 2 atom stereocenters. The molecule has 0 bridgehead atoms. The molecule has 0 spiro atoms. The van der Waals surface area contributed by atoms with Crippen molar-refractivity contribution in [3.05, 3.63) is 65.9 Å². The third-order valence-electron chi connectivity index (χ3n) is 5.75. The van der Waals surface area contributed by atoms with Gasteiger partial charge in [-0.3, -0.25) is 4.79 Å². The van der Waals surface area contributed by atoms with E-state index in [0.717, 1.165) is 18.4 Å². The zero-order valence-electron chi connectivity index (χ0n) is 17.4. The molecule has 1 aliphatic carbocycles. The second-order valence-electron chi connectivity index (χ2n) is 8.24. The molecule has 1 aromatic heterocycles. The summed E-state index contributed by atoms with van der Waals surface area (Å²) in [5, 5.41) is 7.78. The van der Waals surface area contributed by atoms with E-state index >= 15 is 0 Å². The molecule has 29 heavy (non-hydrogen) atoms. The Balaban J connectivity index is 1.59. The molecule has 4 rings (SSSR count). The Hall–Kier alpha value is -2.79. The highest BCUT2D eigenvalue weighted by Crippen LogP contribution is 2.31. The quantitative estimate of drug-likeness (QED) is 0.551. The maximum Gasteiger partial charge on any atom is 0.237 e. The van der Waals surface area contributed by atoms with Gasteiger partial charge in [0.2, 0.25) is 5.91 Å². The molecule has 0 unspecified atom stereocenters. The predicted molar refractivity (Wildman–Crippen MR) is 120 cm³/mol. The summed E-state index contributed by atoms with van der Waals surface area (Å²) >= 11 is 0. The van der Waals surface area contributed by atoms with E-state index in [0.29, 0.717) is 12.6 Å². The van der Waals surface area contributed by atoms with Crippen LogP contribution in [0.25, 0.3) is 10.9 Å². The Labute approximate surface area is 172 Å². The summed E-state index contributed by atoms with van der Waals surface area (Å²) in [4.78, 5) is 17.9. The molecule has 2 aromatic carbocycles.